The second-order valence-corrected chi connectivity index (χ2v) is 3.87. The predicted molar refractivity (Wildman–Crippen MR) is 69.8 cm³/mol. The van der Waals surface area contributed by atoms with Crippen LogP contribution in [-0.2, 0) is 0 Å². The van der Waals surface area contributed by atoms with Crippen molar-refractivity contribution in [1.29, 1.82) is 0 Å². The minimum Gasteiger partial charge on any atom is -0.389 e. The van der Waals surface area contributed by atoms with Crippen LogP contribution in [0.1, 0.15) is 5.56 Å². The third-order valence-corrected chi connectivity index (χ3v) is 2.40. The summed E-state index contributed by atoms with van der Waals surface area (Å²) in [5.74, 6) is 0.335. The van der Waals surface area contributed by atoms with Crippen molar-refractivity contribution in [3.8, 4) is 0 Å². The van der Waals surface area contributed by atoms with Crippen LogP contribution in [0.4, 0.5) is 15.9 Å². The number of rotatable bonds is 3. The Hall–Kier alpha value is -2.01. The van der Waals surface area contributed by atoms with Crippen molar-refractivity contribution in [3.63, 3.8) is 0 Å². The summed E-state index contributed by atoms with van der Waals surface area (Å²) in [6, 6.07) is 9.48. The molecule has 0 aliphatic rings. The van der Waals surface area contributed by atoms with Gasteiger partial charge in [-0.25, -0.2) is 9.37 Å². The number of nitrogens with one attached hydrogen (secondary N) is 1. The van der Waals surface area contributed by atoms with E-state index in [2.05, 4.69) is 10.3 Å². The van der Waals surface area contributed by atoms with Gasteiger partial charge in [-0.3, -0.25) is 0 Å². The van der Waals surface area contributed by atoms with Gasteiger partial charge in [-0.1, -0.05) is 12.2 Å². The molecular formula is C12H10FN3S. The first-order valence-electron chi connectivity index (χ1n) is 4.93. The summed E-state index contributed by atoms with van der Waals surface area (Å²) in [7, 11) is 0. The quantitative estimate of drug-likeness (QED) is 0.819. The first-order valence-corrected chi connectivity index (χ1v) is 5.34. The maximum Gasteiger partial charge on any atom is 0.130 e. The van der Waals surface area contributed by atoms with Crippen molar-refractivity contribution in [2.45, 2.75) is 0 Å². The lowest BCUT2D eigenvalue weighted by atomic mass is 10.2. The molecule has 86 valence electrons. The van der Waals surface area contributed by atoms with E-state index in [0.717, 1.165) is 11.3 Å². The molecule has 0 aliphatic heterocycles. The smallest absolute Gasteiger partial charge is 0.130 e. The Bertz CT molecular complexity index is 540. The maximum atomic E-state index is 12.7. The molecule has 0 unspecified atom stereocenters. The van der Waals surface area contributed by atoms with Crippen LogP contribution >= 0.6 is 12.2 Å². The van der Waals surface area contributed by atoms with E-state index in [9.17, 15) is 4.39 Å². The van der Waals surface area contributed by atoms with Crippen LogP contribution < -0.4 is 11.1 Å². The minimum atomic E-state index is -0.277. The van der Waals surface area contributed by atoms with Gasteiger partial charge in [0.15, 0.2) is 0 Å². The summed E-state index contributed by atoms with van der Waals surface area (Å²) in [5.41, 5.74) is 7.01. The van der Waals surface area contributed by atoms with E-state index in [1.54, 1.807) is 30.5 Å². The number of thiocarbonyl (C=S) groups is 1. The van der Waals surface area contributed by atoms with Crippen LogP contribution in [0.2, 0.25) is 0 Å². The molecule has 1 aromatic carbocycles. The Morgan fingerprint density at radius 2 is 1.94 bits per heavy atom. The number of nitrogens with two attached hydrogens (primary N) is 1. The van der Waals surface area contributed by atoms with Crippen molar-refractivity contribution in [1.82, 2.24) is 4.98 Å². The number of hydrogen-bond acceptors (Lipinski definition) is 3. The first-order chi connectivity index (χ1) is 8.15. The number of hydrogen-bond donors (Lipinski definition) is 2. The highest BCUT2D eigenvalue weighted by molar-refractivity contribution is 7.80. The van der Waals surface area contributed by atoms with Gasteiger partial charge in [0.25, 0.3) is 0 Å². The van der Waals surface area contributed by atoms with Crippen LogP contribution in [-0.4, -0.2) is 9.97 Å². The molecule has 2 rings (SSSR count). The van der Waals surface area contributed by atoms with Gasteiger partial charge >= 0.3 is 0 Å². The lowest BCUT2D eigenvalue weighted by Gasteiger charge is -2.06. The van der Waals surface area contributed by atoms with Crippen LogP contribution in [0.15, 0.2) is 42.6 Å². The molecular weight excluding hydrogens is 237 g/mol. The van der Waals surface area contributed by atoms with E-state index in [4.69, 9.17) is 18.0 Å². The number of halogens is 1. The van der Waals surface area contributed by atoms with Crippen molar-refractivity contribution < 1.29 is 4.39 Å². The van der Waals surface area contributed by atoms with Gasteiger partial charge in [-0.2, -0.15) is 0 Å². The molecule has 0 fully saturated rings. The highest BCUT2D eigenvalue weighted by Gasteiger charge is 2.00. The normalized spacial score (nSPS) is 9.94. The third-order valence-electron chi connectivity index (χ3n) is 2.16. The second kappa shape index (κ2) is 4.88. The minimum absolute atomic E-state index is 0.277. The van der Waals surface area contributed by atoms with Crippen LogP contribution in [0.3, 0.4) is 0 Å². The van der Waals surface area contributed by atoms with Gasteiger partial charge in [-0.15, -0.1) is 0 Å². The lowest BCUT2D eigenvalue weighted by Crippen LogP contribution is -2.09. The van der Waals surface area contributed by atoms with Gasteiger partial charge in [0.2, 0.25) is 0 Å². The van der Waals surface area contributed by atoms with E-state index >= 15 is 0 Å². The molecule has 17 heavy (non-hydrogen) atoms. The fourth-order valence-corrected chi connectivity index (χ4v) is 1.46. The molecule has 0 aliphatic carbocycles. The van der Waals surface area contributed by atoms with Gasteiger partial charge in [0.1, 0.15) is 16.6 Å². The zero-order valence-corrected chi connectivity index (χ0v) is 9.67. The molecule has 3 N–H and O–H groups in total. The SMILES string of the molecule is NC(=S)c1ccnc(Nc2ccc(F)cc2)c1. The number of nitrogens with zero attached hydrogens (tertiary/aromatic N) is 1. The number of benzene rings is 1. The fraction of sp³-hybridized carbons (Fsp3) is 0. The summed E-state index contributed by atoms with van der Waals surface area (Å²) >= 11 is 4.88. The van der Waals surface area contributed by atoms with E-state index in [0.29, 0.717) is 10.8 Å². The number of pyridine rings is 1. The summed E-state index contributed by atoms with van der Waals surface area (Å²) in [6.07, 6.45) is 1.61. The van der Waals surface area contributed by atoms with Crippen molar-refractivity contribution in [2.75, 3.05) is 5.32 Å². The Kier molecular flexibility index (Phi) is 3.30. The summed E-state index contributed by atoms with van der Waals surface area (Å²) in [4.78, 5) is 4.43. The zero-order valence-electron chi connectivity index (χ0n) is 8.85. The first kappa shape index (κ1) is 11.5. The van der Waals surface area contributed by atoms with E-state index < -0.39 is 0 Å². The van der Waals surface area contributed by atoms with Crippen LogP contribution in [0.5, 0.6) is 0 Å². The predicted octanol–water partition coefficient (Wildman–Crippen LogP) is 2.60. The van der Waals surface area contributed by atoms with E-state index in [-0.39, 0.29) is 5.82 Å². The molecule has 3 nitrogen and oxygen atoms in total. The largest absolute Gasteiger partial charge is 0.389 e. The van der Waals surface area contributed by atoms with E-state index in [1.807, 2.05) is 0 Å². The summed E-state index contributed by atoms with van der Waals surface area (Å²) in [5, 5.41) is 3.03. The Morgan fingerprint density at radius 3 is 2.59 bits per heavy atom. The summed E-state index contributed by atoms with van der Waals surface area (Å²) < 4.78 is 12.7. The summed E-state index contributed by atoms with van der Waals surface area (Å²) in [6.45, 7) is 0. The van der Waals surface area contributed by atoms with Crippen molar-refractivity contribution in [2.24, 2.45) is 5.73 Å². The highest BCUT2D eigenvalue weighted by atomic mass is 32.1. The molecule has 0 amide bonds. The number of anilines is 2. The average molecular weight is 247 g/mol. The molecule has 0 atom stereocenters. The standard InChI is InChI=1S/C12H10FN3S/c13-9-1-3-10(4-2-9)16-11-7-8(12(14)17)5-6-15-11/h1-7H,(H2,14,17)(H,15,16). The molecule has 0 radical (unpaired) electrons. The van der Waals surface area contributed by atoms with Gasteiger partial charge in [0, 0.05) is 17.4 Å². The van der Waals surface area contributed by atoms with Gasteiger partial charge < -0.3 is 11.1 Å². The molecule has 0 saturated carbocycles. The molecule has 0 spiro atoms. The topological polar surface area (TPSA) is 50.9 Å². The second-order valence-electron chi connectivity index (χ2n) is 3.43. The van der Waals surface area contributed by atoms with Crippen LogP contribution in [0.25, 0.3) is 0 Å². The Balaban J connectivity index is 2.21. The molecule has 0 saturated heterocycles. The maximum absolute atomic E-state index is 12.7. The highest BCUT2D eigenvalue weighted by Crippen LogP contribution is 2.15. The van der Waals surface area contributed by atoms with Crippen LogP contribution in [0, 0.1) is 5.82 Å². The third kappa shape index (κ3) is 2.98. The van der Waals surface area contributed by atoms with Crippen molar-refractivity contribution in [3.05, 3.63) is 54.0 Å². The Labute approximate surface area is 103 Å². The monoisotopic (exact) mass is 247 g/mol. The average Bonchev–Trinajstić information content (AvgIpc) is 2.32. The molecule has 0 bridgehead atoms. The fourth-order valence-electron chi connectivity index (χ4n) is 1.33. The molecule has 5 heteroatoms. The van der Waals surface area contributed by atoms with Gasteiger partial charge in [0.05, 0.1) is 0 Å². The molecule has 1 heterocycles. The van der Waals surface area contributed by atoms with Gasteiger partial charge in [-0.05, 0) is 36.4 Å². The zero-order chi connectivity index (χ0) is 12.3. The number of aromatic nitrogens is 1. The van der Waals surface area contributed by atoms with Crippen molar-refractivity contribution >= 4 is 28.7 Å². The Morgan fingerprint density at radius 1 is 1.24 bits per heavy atom. The molecule has 2 aromatic rings. The van der Waals surface area contributed by atoms with E-state index in [1.165, 1.54) is 12.1 Å². The molecule has 1 aromatic heterocycles. The lowest BCUT2D eigenvalue weighted by molar-refractivity contribution is 0.628.